The van der Waals surface area contributed by atoms with Crippen LogP contribution in [0.3, 0.4) is 0 Å². The number of piperidine rings is 1. The molecule has 1 aliphatic heterocycles. The van der Waals surface area contributed by atoms with Gasteiger partial charge in [-0.05, 0) is 37.3 Å². The molecule has 120 valence electrons. The Bertz CT molecular complexity index is 696. The van der Waals surface area contributed by atoms with Gasteiger partial charge in [0.25, 0.3) is 0 Å². The highest BCUT2D eigenvalue weighted by Gasteiger charge is 2.23. The van der Waals surface area contributed by atoms with E-state index in [0.29, 0.717) is 17.2 Å². The van der Waals surface area contributed by atoms with Gasteiger partial charge >= 0.3 is 0 Å². The Morgan fingerprint density at radius 1 is 1.22 bits per heavy atom. The second kappa shape index (κ2) is 6.86. The van der Waals surface area contributed by atoms with E-state index in [1.807, 2.05) is 11.0 Å². The maximum atomic E-state index is 14.1. The lowest BCUT2D eigenvalue weighted by Gasteiger charge is -2.31. The van der Waals surface area contributed by atoms with Gasteiger partial charge in [0, 0.05) is 38.0 Å². The molecule has 1 aliphatic rings. The van der Waals surface area contributed by atoms with Crippen LogP contribution in [-0.2, 0) is 11.2 Å². The van der Waals surface area contributed by atoms with Gasteiger partial charge in [-0.25, -0.2) is 4.39 Å². The summed E-state index contributed by atoms with van der Waals surface area (Å²) in [5.41, 5.74) is 1.95. The molecular weight excluding hydrogens is 293 g/mol. The van der Waals surface area contributed by atoms with Crippen molar-refractivity contribution in [3.05, 3.63) is 48.2 Å². The van der Waals surface area contributed by atoms with E-state index >= 15 is 0 Å². The zero-order valence-electron chi connectivity index (χ0n) is 13.2. The van der Waals surface area contributed by atoms with E-state index in [1.54, 1.807) is 31.5 Å². The molecular formula is C18H20FN3O. The number of hydrogen-bond donors (Lipinski definition) is 0. The molecule has 1 fully saturated rings. The molecule has 1 aromatic heterocycles. The number of rotatable bonds is 3. The molecule has 1 aromatic carbocycles. The van der Waals surface area contributed by atoms with Gasteiger partial charge in [0.15, 0.2) is 0 Å². The van der Waals surface area contributed by atoms with E-state index in [-0.39, 0.29) is 11.7 Å². The third-order valence-corrected chi connectivity index (χ3v) is 4.44. The second-order valence-electron chi connectivity index (χ2n) is 5.99. The van der Waals surface area contributed by atoms with Gasteiger partial charge in [0.2, 0.25) is 5.91 Å². The Morgan fingerprint density at radius 2 is 1.91 bits per heavy atom. The normalized spacial score (nSPS) is 15.7. The molecule has 0 N–H and O–H groups in total. The topological polar surface area (TPSA) is 46.1 Å². The molecule has 0 bridgehead atoms. The molecule has 0 unspecified atom stereocenters. The highest BCUT2D eigenvalue weighted by Crippen LogP contribution is 2.27. The zero-order valence-corrected chi connectivity index (χ0v) is 13.2. The zero-order chi connectivity index (χ0) is 16.2. The number of hydrogen-bond acceptors (Lipinski definition) is 3. The summed E-state index contributed by atoms with van der Waals surface area (Å²) in [6.45, 7) is 3.18. The van der Waals surface area contributed by atoms with Crippen LogP contribution in [0.25, 0.3) is 11.3 Å². The van der Waals surface area contributed by atoms with Gasteiger partial charge in [0.1, 0.15) is 5.82 Å². The van der Waals surface area contributed by atoms with E-state index in [0.717, 1.165) is 38.0 Å². The van der Waals surface area contributed by atoms with E-state index < -0.39 is 0 Å². The number of nitrogens with zero attached hydrogens (tertiary/aromatic N) is 3. The molecule has 1 amide bonds. The second-order valence-corrected chi connectivity index (χ2v) is 5.99. The van der Waals surface area contributed by atoms with Crippen LogP contribution in [0.5, 0.6) is 0 Å². The van der Waals surface area contributed by atoms with Gasteiger partial charge < -0.3 is 4.90 Å². The molecule has 0 aliphatic carbocycles. The highest BCUT2D eigenvalue weighted by molar-refractivity contribution is 5.73. The first kappa shape index (κ1) is 15.6. The summed E-state index contributed by atoms with van der Waals surface area (Å²) in [7, 11) is 0. The van der Waals surface area contributed by atoms with Crippen molar-refractivity contribution in [3.63, 3.8) is 0 Å². The van der Waals surface area contributed by atoms with E-state index in [4.69, 9.17) is 0 Å². The van der Waals surface area contributed by atoms with Gasteiger partial charge in [-0.2, -0.15) is 0 Å². The lowest BCUT2D eigenvalue weighted by molar-refractivity contribution is -0.130. The summed E-state index contributed by atoms with van der Waals surface area (Å²) >= 11 is 0. The van der Waals surface area contributed by atoms with E-state index in [2.05, 4.69) is 9.97 Å². The molecule has 23 heavy (non-hydrogen) atoms. The molecule has 2 heterocycles. The van der Waals surface area contributed by atoms with Gasteiger partial charge in [-0.1, -0.05) is 12.1 Å². The molecule has 0 radical (unpaired) electrons. The fraction of sp³-hybridized carbons (Fsp3) is 0.389. The summed E-state index contributed by atoms with van der Waals surface area (Å²) in [5.74, 6) is 0.309. The highest BCUT2D eigenvalue weighted by atomic mass is 19.1. The first-order valence-corrected chi connectivity index (χ1v) is 7.95. The van der Waals surface area contributed by atoms with Crippen LogP contribution < -0.4 is 0 Å². The predicted molar refractivity (Wildman–Crippen MR) is 86.1 cm³/mol. The Hall–Kier alpha value is -2.30. The Morgan fingerprint density at radius 3 is 2.61 bits per heavy atom. The molecule has 3 rings (SSSR count). The van der Waals surface area contributed by atoms with Crippen molar-refractivity contribution in [2.24, 2.45) is 5.92 Å². The number of amides is 1. The number of halogens is 1. The minimum Gasteiger partial charge on any atom is -0.343 e. The van der Waals surface area contributed by atoms with Crippen molar-refractivity contribution < 1.29 is 9.18 Å². The van der Waals surface area contributed by atoms with Crippen molar-refractivity contribution in [1.29, 1.82) is 0 Å². The SMILES string of the molecule is CC(=O)N1CCC(Cc2nccnc2-c2ccccc2F)CC1. The standard InChI is InChI=1S/C18H20FN3O/c1-13(23)22-10-6-14(7-11-22)12-17-18(21-9-8-20-17)15-4-2-3-5-16(15)19/h2-5,8-9,14H,6-7,10-12H2,1H3. The van der Waals surface area contributed by atoms with Crippen LogP contribution in [0.4, 0.5) is 4.39 Å². The monoisotopic (exact) mass is 313 g/mol. The summed E-state index contributed by atoms with van der Waals surface area (Å²) in [6, 6.07) is 6.66. The summed E-state index contributed by atoms with van der Waals surface area (Å²) < 4.78 is 14.1. The fourth-order valence-corrected chi connectivity index (χ4v) is 3.12. The van der Waals surface area contributed by atoms with Crippen molar-refractivity contribution in [2.75, 3.05) is 13.1 Å². The Balaban J connectivity index is 1.77. The van der Waals surface area contributed by atoms with E-state index in [1.165, 1.54) is 6.07 Å². The van der Waals surface area contributed by atoms with Gasteiger partial charge in [-0.15, -0.1) is 0 Å². The largest absolute Gasteiger partial charge is 0.343 e. The Kier molecular flexibility index (Phi) is 4.65. The number of carbonyl (C=O) groups is 1. The molecule has 1 saturated heterocycles. The lowest BCUT2D eigenvalue weighted by Crippen LogP contribution is -2.37. The Labute approximate surface area is 135 Å². The first-order valence-electron chi connectivity index (χ1n) is 7.95. The molecule has 0 atom stereocenters. The average molecular weight is 313 g/mol. The number of aromatic nitrogens is 2. The van der Waals surface area contributed by atoms with Crippen molar-refractivity contribution in [3.8, 4) is 11.3 Å². The summed E-state index contributed by atoms with van der Waals surface area (Å²) in [5, 5.41) is 0. The lowest BCUT2D eigenvalue weighted by atomic mass is 9.90. The third-order valence-electron chi connectivity index (χ3n) is 4.44. The third kappa shape index (κ3) is 3.55. The quantitative estimate of drug-likeness (QED) is 0.875. The van der Waals surface area contributed by atoms with Crippen molar-refractivity contribution in [2.45, 2.75) is 26.2 Å². The van der Waals surface area contributed by atoms with E-state index in [9.17, 15) is 9.18 Å². The van der Waals surface area contributed by atoms with Crippen LogP contribution >= 0.6 is 0 Å². The van der Waals surface area contributed by atoms with Crippen LogP contribution in [0.2, 0.25) is 0 Å². The molecule has 0 saturated carbocycles. The van der Waals surface area contributed by atoms with Crippen molar-refractivity contribution >= 4 is 5.91 Å². The van der Waals surface area contributed by atoms with Crippen LogP contribution in [0.1, 0.15) is 25.5 Å². The van der Waals surface area contributed by atoms with Gasteiger partial charge in [0.05, 0.1) is 11.4 Å². The maximum absolute atomic E-state index is 14.1. The smallest absolute Gasteiger partial charge is 0.219 e. The maximum Gasteiger partial charge on any atom is 0.219 e. The van der Waals surface area contributed by atoms with Crippen LogP contribution in [0, 0.1) is 11.7 Å². The summed E-state index contributed by atoms with van der Waals surface area (Å²) in [4.78, 5) is 22.1. The van der Waals surface area contributed by atoms with Crippen molar-refractivity contribution in [1.82, 2.24) is 14.9 Å². The van der Waals surface area contributed by atoms with Crippen LogP contribution in [0.15, 0.2) is 36.7 Å². The van der Waals surface area contributed by atoms with Gasteiger partial charge in [-0.3, -0.25) is 14.8 Å². The van der Waals surface area contributed by atoms with Crippen LogP contribution in [-0.4, -0.2) is 33.9 Å². The average Bonchev–Trinajstić information content (AvgIpc) is 2.56. The number of benzene rings is 1. The predicted octanol–water partition coefficient (Wildman–Crippen LogP) is 3.08. The number of carbonyl (C=O) groups excluding carboxylic acids is 1. The molecule has 4 nitrogen and oxygen atoms in total. The molecule has 5 heteroatoms. The first-order chi connectivity index (χ1) is 11.1. The summed E-state index contributed by atoms with van der Waals surface area (Å²) in [6.07, 6.45) is 5.93. The fourth-order valence-electron chi connectivity index (χ4n) is 3.12. The minimum absolute atomic E-state index is 0.134. The molecule has 2 aromatic rings. The minimum atomic E-state index is -0.277. The molecule has 0 spiro atoms. The number of likely N-dealkylation sites (tertiary alicyclic amines) is 1.